The van der Waals surface area contributed by atoms with Crippen LogP contribution in [0.4, 0.5) is 14.7 Å². The van der Waals surface area contributed by atoms with Crippen molar-refractivity contribution in [2.75, 3.05) is 24.6 Å². The number of anilines is 1. The second-order valence-corrected chi connectivity index (χ2v) is 8.63. The van der Waals surface area contributed by atoms with Gasteiger partial charge in [0.2, 0.25) is 5.95 Å². The number of hydrogen-bond donors (Lipinski definition) is 0. The summed E-state index contributed by atoms with van der Waals surface area (Å²) in [7, 11) is 0. The van der Waals surface area contributed by atoms with Crippen LogP contribution in [0.2, 0.25) is 0 Å². The fourth-order valence-corrected chi connectivity index (χ4v) is 4.58. The molecule has 0 unspecified atom stereocenters. The third-order valence-electron chi connectivity index (χ3n) is 6.56. The standard InChI is InChI=1S/C24H31F2N3O/c1-2-17-14-27-24(28-15-17)29-10-8-18(9-11-29)16-30-23-21(25)12-20(13-22(23)26)19-6-4-3-5-7-19/h12-15,18-19H,2-11,16H2,1H3. The Bertz CT molecular complexity index is 806. The molecule has 1 saturated carbocycles. The first kappa shape index (κ1) is 21.0. The van der Waals surface area contributed by atoms with Crippen molar-refractivity contribution in [2.24, 2.45) is 5.92 Å². The second-order valence-electron chi connectivity index (χ2n) is 8.63. The summed E-state index contributed by atoms with van der Waals surface area (Å²) < 4.78 is 34.8. The van der Waals surface area contributed by atoms with Gasteiger partial charge in [-0.25, -0.2) is 18.7 Å². The topological polar surface area (TPSA) is 38.2 Å². The van der Waals surface area contributed by atoms with E-state index in [1.165, 1.54) is 18.6 Å². The zero-order chi connectivity index (χ0) is 20.9. The number of hydrogen-bond acceptors (Lipinski definition) is 4. The predicted molar refractivity (Wildman–Crippen MR) is 114 cm³/mol. The maximum Gasteiger partial charge on any atom is 0.225 e. The van der Waals surface area contributed by atoms with Crippen LogP contribution in [-0.4, -0.2) is 29.7 Å². The number of ether oxygens (including phenoxy) is 1. The van der Waals surface area contributed by atoms with Crippen molar-refractivity contribution in [3.05, 3.63) is 47.3 Å². The minimum atomic E-state index is -0.572. The molecule has 0 amide bonds. The fourth-order valence-electron chi connectivity index (χ4n) is 4.58. The Labute approximate surface area is 177 Å². The number of piperidine rings is 1. The van der Waals surface area contributed by atoms with E-state index >= 15 is 0 Å². The maximum atomic E-state index is 14.6. The first-order chi connectivity index (χ1) is 14.6. The zero-order valence-corrected chi connectivity index (χ0v) is 17.7. The van der Waals surface area contributed by atoms with E-state index in [0.717, 1.165) is 75.1 Å². The third-order valence-corrected chi connectivity index (χ3v) is 6.56. The molecule has 6 heteroatoms. The maximum absolute atomic E-state index is 14.6. The number of benzene rings is 1. The van der Waals surface area contributed by atoms with Crippen molar-refractivity contribution < 1.29 is 13.5 Å². The molecule has 1 saturated heterocycles. The lowest BCUT2D eigenvalue weighted by molar-refractivity contribution is 0.206. The molecule has 2 fully saturated rings. The SMILES string of the molecule is CCc1cnc(N2CCC(COc3c(F)cc(C4CCCCC4)cc3F)CC2)nc1. The molecule has 1 aromatic carbocycles. The van der Waals surface area contributed by atoms with Gasteiger partial charge in [-0.15, -0.1) is 0 Å². The van der Waals surface area contributed by atoms with Crippen LogP contribution in [0.25, 0.3) is 0 Å². The van der Waals surface area contributed by atoms with Crippen molar-refractivity contribution in [1.82, 2.24) is 9.97 Å². The molecule has 2 aliphatic rings. The summed E-state index contributed by atoms with van der Waals surface area (Å²) in [6.45, 7) is 4.06. The summed E-state index contributed by atoms with van der Waals surface area (Å²) >= 11 is 0. The van der Waals surface area contributed by atoms with Crippen LogP contribution in [-0.2, 0) is 6.42 Å². The molecular weight excluding hydrogens is 384 g/mol. The van der Waals surface area contributed by atoms with Crippen LogP contribution in [0.15, 0.2) is 24.5 Å². The molecule has 0 atom stereocenters. The molecule has 1 aromatic heterocycles. The van der Waals surface area contributed by atoms with Gasteiger partial charge >= 0.3 is 0 Å². The highest BCUT2D eigenvalue weighted by molar-refractivity contribution is 5.34. The molecule has 162 valence electrons. The predicted octanol–water partition coefficient (Wildman–Crippen LogP) is 5.66. The van der Waals surface area contributed by atoms with Gasteiger partial charge < -0.3 is 9.64 Å². The van der Waals surface area contributed by atoms with Crippen molar-refractivity contribution in [2.45, 2.75) is 64.2 Å². The van der Waals surface area contributed by atoms with Gasteiger partial charge in [-0.3, -0.25) is 0 Å². The lowest BCUT2D eigenvalue weighted by atomic mass is 9.84. The minimum Gasteiger partial charge on any atom is -0.487 e. The lowest BCUT2D eigenvalue weighted by Crippen LogP contribution is -2.36. The summed E-state index contributed by atoms with van der Waals surface area (Å²) in [5.41, 5.74) is 1.90. The van der Waals surface area contributed by atoms with Gasteiger partial charge in [0, 0.05) is 25.5 Å². The van der Waals surface area contributed by atoms with Gasteiger partial charge in [0.1, 0.15) is 0 Å². The molecule has 2 aromatic rings. The number of nitrogens with zero attached hydrogens (tertiary/aromatic N) is 3. The molecule has 0 bridgehead atoms. The molecule has 1 aliphatic heterocycles. The van der Waals surface area contributed by atoms with Crippen molar-refractivity contribution in [3.63, 3.8) is 0 Å². The van der Waals surface area contributed by atoms with E-state index < -0.39 is 11.6 Å². The first-order valence-electron chi connectivity index (χ1n) is 11.3. The van der Waals surface area contributed by atoms with Gasteiger partial charge in [0.15, 0.2) is 17.4 Å². The van der Waals surface area contributed by atoms with E-state index in [2.05, 4.69) is 21.8 Å². The largest absolute Gasteiger partial charge is 0.487 e. The highest BCUT2D eigenvalue weighted by Gasteiger charge is 2.24. The Morgan fingerprint density at radius 3 is 2.20 bits per heavy atom. The lowest BCUT2D eigenvalue weighted by Gasteiger charge is -2.32. The van der Waals surface area contributed by atoms with Crippen LogP contribution in [0.5, 0.6) is 5.75 Å². The molecule has 4 nitrogen and oxygen atoms in total. The van der Waals surface area contributed by atoms with E-state index in [9.17, 15) is 8.78 Å². The van der Waals surface area contributed by atoms with E-state index in [1.54, 1.807) is 0 Å². The summed E-state index contributed by atoms with van der Waals surface area (Å²) in [5.74, 6) is -0.0741. The van der Waals surface area contributed by atoms with Gasteiger partial charge in [0.05, 0.1) is 6.61 Å². The van der Waals surface area contributed by atoms with Crippen LogP contribution in [0, 0.1) is 17.6 Å². The van der Waals surface area contributed by atoms with Gasteiger partial charge in [-0.2, -0.15) is 0 Å². The Morgan fingerprint density at radius 1 is 0.967 bits per heavy atom. The minimum absolute atomic E-state index is 0.226. The average Bonchev–Trinajstić information content (AvgIpc) is 2.79. The number of rotatable bonds is 6. The van der Waals surface area contributed by atoms with Crippen LogP contribution in [0.1, 0.15) is 68.9 Å². The van der Waals surface area contributed by atoms with Crippen LogP contribution in [0.3, 0.4) is 0 Å². The molecule has 4 rings (SSSR count). The summed E-state index contributed by atoms with van der Waals surface area (Å²) in [6.07, 6.45) is 12.0. The van der Waals surface area contributed by atoms with Crippen LogP contribution < -0.4 is 9.64 Å². The normalized spacial score (nSPS) is 18.6. The van der Waals surface area contributed by atoms with Crippen LogP contribution >= 0.6 is 0 Å². The number of aryl methyl sites for hydroxylation is 1. The van der Waals surface area contributed by atoms with Crippen molar-refractivity contribution in [1.29, 1.82) is 0 Å². The molecule has 0 radical (unpaired) electrons. The molecular formula is C24H31F2N3O. The number of halogens is 2. The second kappa shape index (κ2) is 9.71. The van der Waals surface area contributed by atoms with E-state index in [0.29, 0.717) is 6.61 Å². The van der Waals surface area contributed by atoms with Gasteiger partial charge in [-0.05, 0) is 67.2 Å². The van der Waals surface area contributed by atoms with Crippen molar-refractivity contribution >= 4 is 5.95 Å². The summed E-state index contributed by atoms with van der Waals surface area (Å²) in [5, 5.41) is 0. The van der Waals surface area contributed by atoms with E-state index in [-0.39, 0.29) is 17.6 Å². The Morgan fingerprint density at radius 2 is 1.60 bits per heavy atom. The summed E-state index contributed by atoms with van der Waals surface area (Å²) in [6, 6.07) is 2.96. The summed E-state index contributed by atoms with van der Waals surface area (Å²) in [4.78, 5) is 11.1. The molecule has 0 N–H and O–H groups in total. The Kier molecular flexibility index (Phi) is 6.80. The molecule has 0 spiro atoms. The van der Waals surface area contributed by atoms with Gasteiger partial charge in [0.25, 0.3) is 0 Å². The van der Waals surface area contributed by atoms with Crippen molar-refractivity contribution in [3.8, 4) is 5.75 Å². The number of aromatic nitrogens is 2. The Hall–Kier alpha value is -2.24. The quantitative estimate of drug-likeness (QED) is 0.610. The highest BCUT2D eigenvalue weighted by Crippen LogP contribution is 2.35. The molecule has 2 heterocycles. The Balaban J connectivity index is 1.30. The third kappa shape index (κ3) is 4.90. The highest BCUT2D eigenvalue weighted by atomic mass is 19.1. The van der Waals surface area contributed by atoms with E-state index in [4.69, 9.17) is 4.74 Å². The fraction of sp³-hybridized carbons (Fsp3) is 0.583. The van der Waals surface area contributed by atoms with E-state index in [1.807, 2.05) is 12.4 Å². The monoisotopic (exact) mass is 415 g/mol. The first-order valence-corrected chi connectivity index (χ1v) is 11.3. The molecule has 30 heavy (non-hydrogen) atoms. The smallest absolute Gasteiger partial charge is 0.225 e. The zero-order valence-electron chi connectivity index (χ0n) is 17.7. The average molecular weight is 416 g/mol. The molecule has 1 aliphatic carbocycles. The van der Waals surface area contributed by atoms with Gasteiger partial charge in [-0.1, -0.05) is 26.2 Å².